The number of carbonyl (C=O) groups excluding carboxylic acids is 3. The predicted octanol–water partition coefficient (Wildman–Crippen LogP) is 1.92. The molecular weight excluding hydrogens is 206 g/mol. The standard InChI is InChI=1S/C10H15NO3.C2H6/c12-8-4-2-1-3-7-11-9(13)5-6-10(11)14;1-2/h8H,1-7H2;1-2H3. The Morgan fingerprint density at radius 1 is 1.06 bits per heavy atom. The van der Waals surface area contributed by atoms with E-state index in [0.29, 0.717) is 25.8 Å². The molecule has 0 radical (unpaired) electrons. The van der Waals surface area contributed by atoms with Crippen LogP contribution in [0.3, 0.4) is 0 Å². The average molecular weight is 227 g/mol. The van der Waals surface area contributed by atoms with Gasteiger partial charge in [0.25, 0.3) is 0 Å². The molecule has 0 atom stereocenters. The van der Waals surface area contributed by atoms with Gasteiger partial charge in [0.2, 0.25) is 11.8 Å². The van der Waals surface area contributed by atoms with Gasteiger partial charge in [-0.25, -0.2) is 0 Å². The molecule has 0 N–H and O–H groups in total. The minimum Gasteiger partial charge on any atom is -0.303 e. The molecule has 92 valence electrons. The van der Waals surface area contributed by atoms with Crippen molar-refractivity contribution in [1.29, 1.82) is 0 Å². The first-order valence-corrected chi connectivity index (χ1v) is 6.02. The number of aldehydes is 1. The van der Waals surface area contributed by atoms with Crippen LogP contribution in [0.2, 0.25) is 0 Å². The molecule has 4 heteroatoms. The van der Waals surface area contributed by atoms with Crippen molar-refractivity contribution < 1.29 is 14.4 Å². The van der Waals surface area contributed by atoms with Gasteiger partial charge in [-0.3, -0.25) is 14.5 Å². The van der Waals surface area contributed by atoms with Crippen molar-refractivity contribution in [2.75, 3.05) is 6.54 Å². The van der Waals surface area contributed by atoms with E-state index in [-0.39, 0.29) is 11.8 Å². The molecule has 0 aromatic rings. The van der Waals surface area contributed by atoms with E-state index in [2.05, 4.69) is 0 Å². The summed E-state index contributed by atoms with van der Waals surface area (Å²) in [5.74, 6) is -0.101. The summed E-state index contributed by atoms with van der Waals surface area (Å²) in [6.45, 7) is 4.52. The van der Waals surface area contributed by atoms with E-state index in [1.807, 2.05) is 13.8 Å². The van der Waals surface area contributed by atoms with Crippen LogP contribution in [0.1, 0.15) is 52.4 Å². The number of imide groups is 1. The zero-order chi connectivity index (χ0) is 12.4. The van der Waals surface area contributed by atoms with Gasteiger partial charge in [-0.2, -0.15) is 0 Å². The van der Waals surface area contributed by atoms with E-state index in [1.54, 1.807) is 0 Å². The third kappa shape index (κ3) is 5.05. The maximum atomic E-state index is 11.2. The first-order valence-electron chi connectivity index (χ1n) is 6.02. The molecule has 1 heterocycles. The van der Waals surface area contributed by atoms with Crippen LogP contribution >= 0.6 is 0 Å². The molecule has 0 aliphatic carbocycles. The molecule has 0 aromatic carbocycles. The average Bonchev–Trinajstić information content (AvgIpc) is 2.62. The fraction of sp³-hybridized carbons (Fsp3) is 0.750. The van der Waals surface area contributed by atoms with Crippen molar-refractivity contribution in [2.45, 2.75) is 52.4 Å². The molecule has 1 fully saturated rings. The van der Waals surface area contributed by atoms with E-state index in [0.717, 1.165) is 25.5 Å². The molecule has 1 saturated heterocycles. The Bertz CT molecular complexity index is 222. The fourth-order valence-corrected chi connectivity index (χ4v) is 1.55. The molecule has 2 amide bonds. The summed E-state index contributed by atoms with van der Waals surface area (Å²) in [6, 6.07) is 0. The molecule has 16 heavy (non-hydrogen) atoms. The third-order valence-electron chi connectivity index (χ3n) is 2.36. The topological polar surface area (TPSA) is 54.5 Å². The molecule has 1 aliphatic rings. The Labute approximate surface area is 97.0 Å². The predicted molar refractivity (Wildman–Crippen MR) is 61.8 cm³/mol. The summed E-state index contributed by atoms with van der Waals surface area (Å²) in [5, 5.41) is 0. The summed E-state index contributed by atoms with van der Waals surface area (Å²) >= 11 is 0. The fourth-order valence-electron chi connectivity index (χ4n) is 1.55. The normalized spacial score (nSPS) is 14.8. The zero-order valence-corrected chi connectivity index (χ0v) is 10.2. The van der Waals surface area contributed by atoms with E-state index in [1.165, 1.54) is 4.90 Å². The Morgan fingerprint density at radius 3 is 2.12 bits per heavy atom. The zero-order valence-electron chi connectivity index (χ0n) is 10.2. The number of rotatable bonds is 6. The molecule has 1 rings (SSSR count). The van der Waals surface area contributed by atoms with Gasteiger partial charge in [0.1, 0.15) is 6.29 Å². The molecule has 4 nitrogen and oxygen atoms in total. The second-order valence-corrected chi connectivity index (χ2v) is 3.46. The van der Waals surface area contributed by atoms with Crippen LogP contribution in [0.4, 0.5) is 0 Å². The first-order chi connectivity index (χ1) is 7.75. The number of hydrogen-bond acceptors (Lipinski definition) is 3. The summed E-state index contributed by atoms with van der Waals surface area (Å²) in [4.78, 5) is 33.7. The van der Waals surface area contributed by atoms with Gasteiger partial charge >= 0.3 is 0 Å². The van der Waals surface area contributed by atoms with Crippen molar-refractivity contribution in [1.82, 2.24) is 4.90 Å². The van der Waals surface area contributed by atoms with Crippen LogP contribution < -0.4 is 0 Å². The second-order valence-electron chi connectivity index (χ2n) is 3.46. The van der Waals surface area contributed by atoms with E-state index >= 15 is 0 Å². The van der Waals surface area contributed by atoms with Crippen LogP contribution in [-0.4, -0.2) is 29.5 Å². The number of hydrogen-bond donors (Lipinski definition) is 0. The molecule has 0 aromatic heterocycles. The summed E-state index contributed by atoms with van der Waals surface area (Å²) in [5.41, 5.74) is 0. The lowest BCUT2D eigenvalue weighted by Gasteiger charge is -2.12. The highest BCUT2D eigenvalue weighted by Gasteiger charge is 2.27. The Morgan fingerprint density at radius 2 is 1.62 bits per heavy atom. The van der Waals surface area contributed by atoms with E-state index in [4.69, 9.17) is 0 Å². The highest BCUT2D eigenvalue weighted by molar-refractivity contribution is 6.01. The van der Waals surface area contributed by atoms with Gasteiger partial charge in [-0.05, 0) is 12.8 Å². The number of nitrogens with zero attached hydrogens (tertiary/aromatic N) is 1. The van der Waals surface area contributed by atoms with Crippen LogP contribution in [-0.2, 0) is 14.4 Å². The number of likely N-dealkylation sites (tertiary alicyclic amines) is 1. The van der Waals surface area contributed by atoms with Crippen LogP contribution in [0.25, 0.3) is 0 Å². The summed E-state index contributed by atoms with van der Waals surface area (Å²) in [7, 11) is 0. The lowest BCUT2D eigenvalue weighted by atomic mass is 10.2. The van der Waals surface area contributed by atoms with Gasteiger partial charge < -0.3 is 4.79 Å². The summed E-state index contributed by atoms with van der Waals surface area (Å²) < 4.78 is 0. The van der Waals surface area contributed by atoms with Gasteiger partial charge in [0.05, 0.1) is 0 Å². The van der Waals surface area contributed by atoms with E-state index < -0.39 is 0 Å². The van der Waals surface area contributed by atoms with Crippen LogP contribution in [0, 0.1) is 0 Å². The smallest absolute Gasteiger partial charge is 0.229 e. The molecule has 0 unspecified atom stereocenters. The quantitative estimate of drug-likeness (QED) is 0.396. The van der Waals surface area contributed by atoms with E-state index in [9.17, 15) is 14.4 Å². The first kappa shape index (κ1) is 14.8. The minimum absolute atomic E-state index is 0.0506. The molecule has 0 bridgehead atoms. The molecular formula is C12H21NO3. The highest BCUT2D eigenvalue weighted by atomic mass is 16.2. The maximum Gasteiger partial charge on any atom is 0.229 e. The minimum atomic E-state index is -0.0506. The molecule has 1 aliphatic heterocycles. The van der Waals surface area contributed by atoms with Crippen molar-refractivity contribution in [2.24, 2.45) is 0 Å². The Kier molecular flexibility index (Phi) is 8.39. The van der Waals surface area contributed by atoms with Gasteiger partial charge in [0, 0.05) is 25.8 Å². The summed E-state index contributed by atoms with van der Waals surface area (Å²) in [6.07, 6.45) is 4.76. The lowest BCUT2D eigenvalue weighted by Crippen LogP contribution is -2.29. The lowest BCUT2D eigenvalue weighted by molar-refractivity contribution is -0.138. The second kappa shape index (κ2) is 9.07. The molecule has 0 spiro atoms. The van der Waals surface area contributed by atoms with Crippen molar-refractivity contribution in [3.63, 3.8) is 0 Å². The van der Waals surface area contributed by atoms with Crippen molar-refractivity contribution in [3.05, 3.63) is 0 Å². The van der Waals surface area contributed by atoms with Gasteiger partial charge in [-0.15, -0.1) is 0 Å². The van der Waals surface area contributed by atoms with Crippen molar-refractivity contribution >= 4 is 18.1 Å². The maximum absolute atomic E-state index is 11.2. The SMILES string of the molecule is CC.O=CCCCCCN1C(=O)CCC1=O. The van der Waals surface area contributed by atoms with Crippen LogP contribution in [0.5, 0.6) is 0 Å². The third-order valence-corrected chi connectivity index (χ3v) is 2.36. The largest absolute Gasteiger partial charge is 0.303 e. The van der Waals surface area contributed by atoms with Gasteiger partial charge in [0.15, 0.2) is 0 Å². The number of unbranched alkanes of at least 4 members (excludes halogenated alkanes) is 3. The Hall–Kier alpha value is -1.19. The Balaban J connectivity index is 0.00000106. The number of amides is 2. The van der Waals surface area contributed by atoms with Crippen molar-refractivity contribution in [3.8, 4) is 0 Å². The molecule has 0 saturated carbocycles. The van der Waals surface area contributed by atoms with Gasteiger partial charge in [-0.1, -0.05) is 20.3 Å². The number of carbonyl (C=O) groups is 3. The monoisotopic (exact) mass is 227 g/mol. The highest BCUT2D eigenvalue weighted by Crippen LogP contribution is 2.12. The van der Waals surface area contributed by atoms with Crippen LogP contribution in [0.15, 0.2) is 0 Å².